The van der Waals surface area contributed by atoms with Gasteiger partial charge in [-0.25, -0.2) is 9.59 Å². The third-order valence-electron chi connectivity index (χ3n) is 5.10. The van der Waals surface area contributed by atoms with Crippen LogP contribution in [0.4, 0.5) is 4.79 Å². The molecule has 2 N–H and O–H groups in total. The Morgan fingerprint density at radius 3 is 2.13 bits per heavy atom. The van der Waals surface area contributed by atoms with Crippen LogP contribution < -0.4 is 5.32 Å². The van der Waals surface area contributed by atoms with Crippen molar-refractivity contribution in [2.75, 3.05) is 26.2 Å². The number of hydrogen-bond acceptors (Lipinski definition) is 5. The average molecular weight is 434 g/mol. The highest BCUT2D eigenvalue weighted by atomic mass is 16.6. The number of carboxylic acids is 1. The van der Waals surface area contributed by atoms with E-state index < -0.39 is 30.1 Å². The Morgan fingerprint density at radius 1 is 1.03 bits per heavy atom. The average Bonchev–Trinajstić information content (AvgIpc) is 2.73. The molecule has 2 rings (SSSR count). The largest absolute Gasteiger partial charge is 0.480 e. The fourth-order valence-corrected chi connectivity index (χ4v) is 3.37. The summed E-state index contributed by atoms with van der Waals surface area (Å²) in [5, 5.41) is 11.9. The topological polar surface area (TPSA) is 116 Å². The third-order valence-corrected chi connectivity index (χ3v) is 5.10. The molecular formula is C22H31N3O6. The molecule has 1 aliphatic heterocycles. The summed E-state index contributed by atoms with van der Waals surface area (Å²) in [5.74, 6) is -1.77. The predicted octanol–water partition coefficient (Wildman–Crippen LogP) is 1.51. The molecule has 2 atom stereocenters. The lowest BCUT2D eigenvalue weighted by molar-refractivity contribution is -0.144. The van der Waals surface area contributed by atoms with Crippen LogP contribution in [0.2, 0.25) is 0 Å². The maximum atomic E-state index is 12.9. The molecule has 170 valence electrons. The van der Waals surface area contributed by atoms with Crippen molar-refractivity contribution in [3.05, 3.63) is 35.9 Å². The Bertz CT molecular complexity index is 775. The molecule has 1 aromatic rings. The number of ether oxygens (including phenoxy) is 1. The van der Waals surface area contributed by atoms with Gasteiger partial charge < -0.3 is 25.0 Å². The van der Waals surface area contributed by atoms with Crippen molar-refractivity contribution >= 4 is 23.9 Å². The number of aliphatic carboxylic acids is 1. The van der Waals surface area contributed by atoms with Crippen molar-refractivity contribution in [2.45, 2.75) is 45.8 Å². The molecule has 31 heavy (non-hydrogen) atoms. The van der Waals surface area contributed by atoms with E-state index in [9.17, 15) is 24.3 Å². The van der Waals surface area contributed by atoms with Gasteiger partial charge in [0, 0.05) is 39.5 Å². The van der Waals surface area contributed by atoms with Crippen LogP contribution in [0.15, 0.2) is 30.3 Å². The first-order valence-electron chi connectivity index (χ1n) is 10.5. The third kappa shape index (κ3) is 7.58. The van der Waals surface area contributed by atoms with E-state index in [1.807, 2.05) is 44.2 Å². The van der Waals surface area contributed by atoms with Gasteiger partial charge in [0.05, 0.1) is 0 Å². The molecule has 9 nitrogen and oxygen atoms in total. The van der Waals surface area contributed by atoms with Gasteiger partial charge in [0.1, 0.15) is 6.04 Å². The van der Waals surface area contributed by atoms with E-state index in [0.29, 0.717) is 26.2 Å². The zero-order valence-corrected chi connectivity index (χ0v) is 18.2. The molecule has 1 aliphatic rings. The SMILES string of the molecule is CC(=O)N1CCN(C(=O)O[C@@H](Cc2ccccc2)C(=O)N[C@@H](CC(C)C)C(=O)O)CC1. The van der Waals surface area contributed by atoms with E-state index in [2.05, 4.69) is 5.32 Å². The first-order chi connectivity index (χ1) is 14.7. The highest BCUT2D eigenvalue weighted by molar-refractivity contribution is 5.88. The minimum absolute atomic E-state index is 0.0563. The summed E-state index contributed by atoms with van der Waals surface area (Å²) >= 11 is 0. The normalized spacial score (nSPS) is 15.9. The van der Waals surface area contributed by atoms with E-state index in [-0.39, 0.29) is 24.7 Å². The molecule has 0 unspecified atom stereocenters. The number of carbonyl (C=O) groups excluding carboxylic acids is 3. The first-order valence-corrected chi connectivity index (χ1v) is 10.5. The van der Waals surface area contributed by atoms with Gasteiger partial charge >= 0.3 is 12.1 Å². The lowest BCUT2D eigenvalue weighted by atomic mass is 10.0. The molecule has 9 heteroatoms. The highest BCUT2D eigenvalue weighted by Gasteiger charge is 2.31. The predicted molar refractivity (Wildman–Crippen MR) is 113 cm³/mol. The number of nitrogens with one attached hydrogen (secondary N) is 1. The lowest BCUT2D eigenvalue weighted by Gasteiger charge is -2.34. The molecule has 3 amide bonds. The number of rotatable bonds is 8. The van der Waals surface area contributed by atoms with E-state index in [1.54, 1.807) is 4.90 Å². The number of hydrogen-bond donors (Lipinski definition) is 2. The Balaban J connectivity index is 2.09. The molecular weight excluding hydrogens is 402 g/mol. The van der Waals surface area contributed by atoms with Gasteiger partial charge in [-0.15, -0.1) is 0 Å². The molecule has 1 fully saturated rings. The molecule has 1 heterocycles. The van der Waals surface area contributed by atoms with Crippen molar-refractivity contribution in [2.24, 2.45) is 5.92 Å². The lowest BCUT2D eigenvalue weighted by Crippen LogP contribution is -2.52. The summed E-state index contributed by atoms with van der Waals surface area (Å²) in [6.07, 6.45) is -1.44. The molecule has 0 saturated carbocycles. The smallest absolute Gasteiger partial charge is 0.410 e. The molecule has 0 aromatic heterocycles. The first kappa shape index (κ1) is 24.2. The summed E-state index contributed by atoms with van der Waals surface area (Å²) in [6, 6.07) is 8.01. The van der Waals surface area contributed by atoms with Gasteiger partial charge in [0.15, 0.2) is 6.10 Å². The van der Waals surface area contributed by atoms with Crippen molar-refractivity contribution in [1.82, 2.24) is 15.1 Å². The number of amides is 3. The van der Waals surface area contributed by atoms with Gasteiger partial charge in [-0.1, -0.05) is 44.2 Å². The number of carbonyl (C=O) groups is 4. The Morgan fingerprint density at radius 2 is 1.61 bits per heavy atom. The quantitative estimate of drug-likeness (QED) is 0.642. The van der Waals surface area contributed by atoms with Crippen LogP contribution in [-0.4, -0.2) is 77.1 Å². The van der Waals surface area contributed by atoms with Crippen molar-refractivity contribution in [1.29, 1.82) is 0 Å². The van der Waals surface area contributed by atoms with Crippen molar-refractivity contribution in [3.63, 3.8) is 0 Å². The van der Waals surface area contributed by atoms with E-state index in [0.717, 1.165) is 5.56 Å². The number of carboxylic acid groups (broad SMARTS) is 1. The highest BCUT2D eigenvalue weighted by Crippen LogP contribution is 2.12. The fraction of sp³-hybridized carbons (Fsp3) is 0.545. The Kier molecular flexibility index (Phi) is 8.84. The van der Waals surface area contributed by atoms with E-state index in [4.69, 9.17) is 4.74 Å². The van der Waals surface area contributed by atoms with Crippen molar-refractivity contribution in [3.8, 4) is 0 Å². The van der Waals surface area contributed by atoms with Crippen LogP contribution in [0.5, 0.6) is 0 Å². The van der Waals surface area contributed by atoms with Crippen LogP contribution in [0.3, 0.4) is 0 Å². The van der Waals surface area contributed by atoms with Gasteiger partial charge in [0.25, 0.3) is 5.91 Å². The maximum absolute atomic E-state index is 12.9. The molecule has 0 aliphatic carbocycles. The van der Waals surface area contributed by atoms with Gasteiger partial charge in [-0.3, -0.25) is 9.59 Å². The number of nitrogens with zero attached hydrogens (tertiary/aromatic N) is 2. The van der Waals surface area contributed by atoms with Crippen LogP contribution >= 0.6 is 0 Å². The molecule has 1 saturated heterocycles. The van der Waals surface area contributed by atoms with Gasteiger partial charge in [-0.05, 0) is 17.9 Å². The minimum Gasteiger partial charge on any atom is -0.480 e. The summed E-state index contributed by atoms with van der Waals surface area (Å²) in [7, 11) is 0. The molecule has 1 aromatic carbocycles. The second-order valence-electron chi connectivity index (χ2n) is 8.08. The Labute approximate surface area is 182 Å². The molecule has 0 radical (unpaired) electrons. The number of benzene rings is 1. The maximum Gasteiger partial charge on any atom is 0.410 e. The fourth-order valence-electron chi connectivity index (χ4n) is 3.37. The summed E-state index contributed by atoms with van der Waals surface area (Å²) in [6.45, 7) is 6.62. The zero-order chi connectivity index (χ0) is 23.0. The van der Waals surface area contributed by atoms with E-state index >= 15 is 0 Å². The summed E-state index contributed by atoms with van der Waals surface area (Å²) < 4.78 is 5.52. The summed E-state index contributed by atoms with van der Waals surface area (Å²) in [4.78, 5) is 51.7. The van der Waals surface area contributed by atoms with Gasteiger partial charge in [0.2, 0.25) is 5.91 Å². The Hall–Kier alpha value is -3.10. The minimum atomic E-state index is -1.17. The number of piperazine rings is 1. The second kappa shape index (κ2) is 11.3. The van der Waals surface area contributed by atoms with Crippen molar-refractivity contribution < 1.29 is 29.0 Å². The monoisotopic (exact) mass is 433 g/mol. The van der Waals surface area contributed by atoms with Gasteiger partial charge in [-0.2, -0.15) is 0 Å². The van der Waals surface area contributed by atoms with Crippen LogP contribution in [-0.2, 0) is 25.5 Å². The summed E-state index contributed by atoms with van der Waals surface area (Å²) in [5.41, 5.74) is 0.785. The molecule has 0 spiro atoms. The molecule has 0 bridgehead atoms. The van der Waals surface area contributed by atoms with E-state index in [1.165, 1.54) is 11.8 Å². The van der Waals surface area contributed by atoms with Crippen LogP contribution in [0.25, 0.3) is 0 Å². The zero-order valence-electron chi connectivity index (χ0n) is 18.2. The van der Waals surface area contributed by atoms with Crippen LogP contribution in [0, 0.1) is 5.92 Å². The standard InChI is InChI=1S/C22H31N3O6/c1-15(2)13-18(21(28)29)23-20(27)19(14-17-7-5-4-6-8-17)31-22(30)25-11-9-24(10-12-25)16(3)26/h4-8,15,18-19H,9-14H2,1-3H3,(H,23,27)(H,28,29)/t18-,19-/m0/s1. The second-order valence-corrected chi connectivity index (χ2v) is 8.08. The van der Waals surface area contributed by atoms with Crippen LogP contribution in [0.1, 0.15) is 32.8 Å².